The van der Waals surface area contributed by atoms with Crippen LogP contribution in [-0.2, 0) is 0 Å². The number of rotatable bonds is 1. The minimum atomic E-state index is -1.13. The topological polar surface area (TPSA) is 49.3 Å². The minimum Gasteiger partial charge on any atom is -0.465 e. The third-order valence-electron chi connectivity index (χ3n) is 1.17. The van der Waals surface area contributed by atoms with Crippen molar-refractivity contribution >= 4 is 35.0 Å². The molecule has 0 aliphatic rings. The maximum absolute atomic E-state index is 10.2. The van der Waals surface area contributed by atoms with Crippen molar-refractivity contribution in [3.05, 3.63) is 28.2 Å². The van der Waals surface area contributed by atoms with Crippen molar-refractivity contribution in [2.75, 3.05) is 5.32 Å². The van der Waals surface area contributed by atoms with Gasteiger partial charge in [-0.1, -0.05) is 23.2 Å². The fourth-order valence-corrected chi connectivity index (χ4v) is 0.995. The van der Waals surface area contributed by atoms with Gasteiger partial charge in [-0.25, -0.2) is 4.79 Å². The molecule has 1 aromatic rings. The Hall–Kier alpha value is -1.000. The summed E-state index contributed by atoms with van der Waals surface area (Å²) in [5.74, 6) is 0. The summed E-state index contributed by atoms with van der Waals surface area (Å²) in [7, 11) is 0. The van der Waals surface area contributed by atoms with E-state index in [-0.39, 0.29) is 4.70 Å². The van der Waals surface area contributed by atoms with E-state index in [2.05, 4.69) is 5.32 Å². The zero-order valence-corrected chi connectivity index (χ0v) is 7.76. The molecule has 3 nitrogen and oxygen atoms in total. The van der Waals surface area contributed by atoms with E-state index < -0.39 is 6.09 Å². The van der Waals surface area contributed by atoms with E-state index in [9.17, 15) is 4.79 Å². The van der Waals surface area contributed by atoms with Gasteiger partial charge in [-0.2, -0.15) is 0 Å². The highest BCUT2D eigenvalue weighted by atomic mass is 35.5. The number of carbonyl (C=O) groups is 1. The number of carboxylic acid groups (broad SMARTS) is 1. The third kappa shape index (κ3) is 3.48. The second-order valence-corrected chi connectivity index (χ2v) is 2.87. The Morgan fingerprint density at radius 3 is 2.38 bits per heavy atom. The van der Waals surface area contributed by atoms with Crippen LogP contribution < -0.4 is 5.32 Å². The molecule has 0 spiro atoms. The van der Waals surface area contributed by atoms with Gasteiger partial charge in [0.1, 0.15) is 0 Å². The molecule has 0 aromatic heterocycles. The largest absolute Gasteiger partial charge is 0.465 e. The average molecular weight is 226 g/mol. The SMILES string of the molecule is F.O=C(O)Nc1ccc(Cl)c(Cl)c1. The van der Waals surface area contributed by atoms with Gasteiger partial charge in [0.2, 0.25) is 0 Å². The first kappa shape index (κ1) is 12.0. The highest BCUT2D eigenvalue weighted by Crippen LogP contribution is 2.24. The fourth-order valence-electron chi connectivity index (χ4n) is 0.697. The second kappa shape index (κ2) is 4.89. The van der Waals surface area contributed by atoms with E-state index >= 15 is 0 Å². The number of hydrogen-bond donors (Lipinski definition) is 2. The van der Waals surface area contributed by atoms with Crippen molar-refractivity contribution in [1.29, 1.82) is 0 Å². The lowest BCUT2D eigenvalue weighted by Gasteiger charge is -2.01. The lowest BCUT2D eigenvalue weighted by Crippen LogP contribution is -2.06. The molecule has 0 saturated carbocycles. The molecular formula is C7H6Cl2FNO2. The minimum absolute atomic E-state index is 0. The van der Waals surface area contributed by atoms with Gasteiger partial charge in [0.25, 0.3) is 0 Å². The van der Waals surface area contributed by atoms with Gasteiger partial charge in [0, 0.05) is 5.69 Å². The zero-order valence-electron chi connectivity index (χ0n) is 6.25. The Kier molecular flexibility index (Phi) is 4.51. The number of anilines is 1. The summed E-state index contributed by atoms with van der Waals surface area (Å²) in [6, 6.07) is 4.50. The van der Waals surface area contributed by atoms with Crippen molar-refractivity contribution in [3.8, 4) is 0 Å². The van der Waals surface area contributed by atoms with E-state index in [1.54, 1.807) is 0 Å². The van der Waals surface area contributed by atoms with Crippen LogP contribution >= 0.6 is 23.2 Å². The van der Waals surface area contributed by atoms with Crippen molar-refractivity contribution in [2.45, 2.75) is 0 Å². The van der Waals surface area contributed by atoms with E-state index in [1.165, 1.54) is 18.2 Å². The smallest absolute Gasteiger partial charge is 0.409 e. The van der Waals surface area contributed by atoms with Crippen molar-refractivity contribution < 1.29 is 14.6 Å². The molecule has 0 fully saturated rings. The lowest BCUT2D eigenvalue weighted by atomic mass is 10.3. The first-order chi connectivity index (χ1) is 5.59. The molecular weight excluding hydrogens is 220 g/mol. The Balaban J connectivity index is 0.00000144. The molecule has 13 heavy (non-hydrogen) atoms. The van der Waals surface area contributed by atoms with Crippen LogP contribution in [-0.4, -0.2) is 11.2 Å². The lowest BCUT2D eigenvalue weighted by molar-refractivity contribution is 0.210. The summed E-state index contributed by atoms with van der Waals surface area (Å²) in [6.45, 7) is 0. The molecule has 0 heterocycles. The Morgan fingerprint density at radius 2 is 1.92 bits per heavy atom. The molecule has 1 aromatic carbocycles. The van der Waals surface area contributed by atoms with Crippen molar-refractivity contribution in [1.82, 2.24) is 0 Å². The predicted molar refractivity (Wildman–Crippen MR) is 50.6 cm³/mol. The van der Waals surface area contributed by atoms with Gasteiger partial charge in [-0.3, -0.25) is 10.0 Å². The molecule has 1 amide bonds. The molecule has 0 radical (unpaired) electrons. The fraction of sp³-hybridized carbons (Fsp3) is 0. The highest BCUT2D eigenvalue weighted by molar-refractivity contribution is 6.42. The number of nitrogens with one attached hydrogen (secondary N) is 1. The predicted octanol–water partition coefficient (Wildman–Crippen LogP) is 3.24. The quantitative estimate of drug-likeness (QED) is 0.772. The standard InChI is InChI=1S/C7H5Cl2NO2.FH/c8-5-2-1-4(3-6(5)9)10-7(11)12;/h1-3,10H,(H,11,12);1H. The molecule has 2 N–H and O–H groups in total. The van der Waals surface area contributed by atoms with Crippen molar-refractivity contribution in [2.24, 2.45) is 0 Å². The maximum atomic E-state index is 10.2. The van der Waals surface area contributed by atoms with Crippen LogP contribution in [0.4, 0.5) is 15.2 Å². The molecule has 1 rings (SSSR count). The normalized spacial score (nSPS) is 8.77. The molecule has 72 valence electrons. The van der Waals surface area contributed by atoms with Crippen LogP contribution in [0.15, 0.2) is 18.2 Å². The summed E-state index contributed by atoms with van der Waals surface area (Å²) in [4.78, 5) is 10.2. The summed E-state index contributed by atoms with van der Waals surface area (Å²) in [5.41, 5.74) is 0.400. The molecule has 0 aliphatic carbocycles. The van der Waals surface area contributed by atoms with E-state index in [4.69, 9.17) is 28.3 Å². The monoisotopic (exact) mass is 225 g/mol. The van der Waals surface area contributed by atoms with Gasteiger partial charge >= 0.3 is 6.09 Å². The molecule has 0 unspecified atom stereocenters. The summed E-state index contributed by atoms with van der Waals surface area (Å²) < 4.78 is 0. The first-order valence-electron chi connectivity index (χ1n) is 3.04. The molecule has 6 heteroatoms. The first-order valence-corrected chi connectivity index (χ1v) is 3.80. The number of benzene rings is 1. The summed E-state index contributed by atoms with van der Waals surface area (Å²) >= 11 is 11.2. The molecule has 0 aliphatic heterocycles. The van der Waals surface area contributed by atoms with Crippen LogP contribution in [0.1, 0.15) is 0 Å². The van der Waals surface area contributed by atoms with Crippen molar-refractivity contribution in [3.63, 3.8) is 0 Å². The van der Waals surface area contributed by atoms with Gasteiger partial charge in [-0.05, 0) is 18.2 Å². The number of amides is 1. The molecule has 0 bridgehead atoms. The van der Waals surface area contributed by atoms with Gasteiger partial charge in [0.15, 0.2) is 0 Å². The Labute approximate surface area is 83.6 Å². The molecule has 0 saturated heterocycles. The maximum Gasteiger partial charge on any atom is 0.409 e. The molecule has 0 atom stereocenters. The summed E-state index contributed by atoms with van der Waals surface area (Å²) in [5, 5.41) is 11.2. The highest BCUT2D eigenvalue weighted by Gasteiger charge is 2.01. The Bertz CT molecular complexity index is 319. The van der Waals surface area contributed by atoms with E-state index in [0.717, 1.165) is 0 Å². The number of hydrogen-bond acceptors (Lipinski definition) is 1. The third-order valence-corrected chi connectivity index (χ3v) is 1.91. The van der Waals surface area contributed by atoms with Crippen LogP contribution in [0, 0.1) is 0 Å². The second-order valence-electron chi connectivity index (χ2n) is 2.06. The van der Waals surface area contributed by atoms with Gasteiger partial charge in [0.05, 0.1) is 10.0 Å². The Morgan fingerprint density at radius 1 is 1.31 bits per heavy atom. The van der Waals surface area contributed by atoms with Gasteiger partial charge in [-0.15, -0.1) is 0 Å². The average Bonchev–Trinajstić information content (AvgIpc) is 1.96. The van der Waals surface area contributed by atoms with Gasteiger partial charge < -0.3 is 5.11 Å². The van der Waals surface area contributed by atoms with Crippen LogP contribution in [0.25, 0.3) is 0 Å². The van der Waals surface area contributed by atoms with Crippen LogP contribution in [0.2, 0.25) is 10.0 Å². The summed E-state index contributed by atoms with van der Waals surface area (Å²) in [6.07, 6.45) is -1.13. The van der Waals surface area contributed by atoms with E-state index in [1.807, 2.05) is 0 Å². The van der Waals surface area contributed by atoms with Crippen LogP contribution in [0.3, 0.4) is 0 Å². The number of halogens is 3. The van der Waals surface area contributed by atoms with E-state index in [0.29, 0.717) is 15.7 Å². The zero-order chi connectivity index (χ0) is 9.14. The van der Waals surface area contributed by atoms with Crippen LogP contribution in [0.5, 0.6) is 0 Å².